The smallest absolute Gasteiger partial charge is 0.291 e. The summed E-state index contributed by atoms with van der Waals surface area (Å²) >= 11 is 1.04. The van der Waals surface area contributed by atoms with Gasteiger partial charge in [0.05, 0.1) is 12.8 Å². The summed E-state index contributed by atoms with van der Waals surface area (Å²) in [7, 11) is 4.92. The van der Waals surface area contributed by atoms with E-state index in [9.17, 15) is 9.59 Å². The highest BCUT2D eigenvalue weighted by Crippen LogP contribution is 2.29. The quantitative estimate of drug-likeness (QED) is 0.542. The van der Waals surface area contributed by atoms with Crippen LogP contribution in [0.5, 0.6) is 11.5 Å². The van der Waals surface area contributed by atoms with Gasteiger partial charge in [-0.3, -0.25) is 9.59 Å². The lowest BCUT2D eigenvalue weighted by molar-refractivity contribution is 0.0992. The van der Waals surface area contributed by atoms with Crippen LogP contribution in [0.4, 0.5) is 10.5 Å². The van der Waals surface area contributed by atoms with Crippen LogP contribution in [0.15, 0.2) is 70.0 Å². The van der Waals surface area contributed by atoms with E-state index in [1.54, 1.807) is 69.7 Å². The van der Waals surface area contributed by atoms with Gasteiger partial charge in [0.25, 0.3) is 11.1 Å². The number of anilines is 1. The molecule has 0 atom stereocenters. The summed E-state index contributed by atoms with van der Waals surface area (Å²) in [6.07, 6.45) is 0. The van der Waals surface area contributed by atoms with Crippen LogP contribution >= 0.6 is 11.8 Å². The predicted molar refractivity (Wildman–Crippen MR) is 115 cm³/mol. The molecular formula is C22H22N2O5S. The monoisotopic (exact) mass is 426 g/mol. The van der Waals surface area contributed by atoms with Crippen LogP contribution < -0.4 is 14.8 Å². The maximum absolute atomic E-state index is 12.6. The standard InChI is InChI=1S/C22H22N2O5S/c1-24(2)22(26)30-20-11-7-4-8-16(20)23-21(25)19-13-12-15(29-19)14-28-18-10-6-5-9-17(18)27-3/h4-13H,14H2,1-3H3,(H,23,25). The van der Waals surface area contributed by atoms with E-state index in [-0.39, 0.29) is 17.6 Å². The molecule has 3 aromatic rings. The first-order valence-corrected chi connectivity index (χ1v) is 9.93. The summed E-state index contributed by atoms with van der Waals surface area (Å²) in [5.41, 5.74) is 0.533. The van der Waals surface area contributed by atoms with Crippen LogP contribution in [0, 0.1) is 0 Å². The third kappa shape index (κ3) is 5.36. The Labute approximate surface area is 179 Å². The van der Waals surface area contributed by atoms with E-state index in [4.69, 9.17) is 13.9 Å². The highest BCUT2D eigenvalue weighted by atomic mass is 32.2. The second-order valence-electron chi connectivity index (χ2n) is 6.42. The van der Waals surface area contributed by atoms with Crippen LogP contribution in [-0.2, 0) is 6.61 Å². The Bertz CT molecular complexity index is 1030. The van der Waals surface area contributed by atoms with Crippen molar-refractivity contribution in [2.75, 3.05) is 26.5 Å². The molecule has 8 heteroatoms. The minimum absolute atomic E-state index is 0.134. The Hall–Kier alpha value is -3.39. The highest BCUT2D eigenvalue weighted by Gasteiger charge is 2.16. The molecule has 0 radical (unpaired) electrons. The van der Waals surface area contributed by atoms with Gasteiger partial charge in [-0.2, -0.15) is 0 Å². The lowest BCUT2D eigenvalue weighted by Crippen LogP contribution is -2.17. The third-order valence-electron chi connectivity index (χ3n) is 4.02. The number of hydrogen-bond acceptors (Lipinski definition) is 6. The first-order valence-electron chi connectivity index (χ1n) is 9.12. The van der Waals surface area contributed by atoms with Gasteiger partial charge in [-0.05, 0) is 48.2 Å². The second kappa shape index (κ2) is 9.89. The Kier molecular flexibility index (Phi) is 7.03. The number of nitrogens with one attached hydrogen (secondary N) is 1. The number of para-hydroxylation sites is 3. The van der Waals surface area contributed by atoms with E-state index in [1.807, 2.05) is 12.1 Å². The summed E-state index contributed by atoms with van der Waals surface area (Å²) in [6.45, 7) is 0.150. The molecule has 156 valence electrons. The Morgan fingerprint density at radius 1 is 1.00 bits per heavy atom. The summed E-state index contributed by atoms with van der Waals surface area (Å²) in [6, 6.07) is 17.6. The van der Waals surface area contributed by atoms with Gasteiger partial charge in [0, 0.05) is 19.0 Å². The summed E-state index contributed by atoms with van der Waals surface area (Å²) < 4.78 is 16.6. The SMILES string of the molecule is COc1ccccc1OCc1ccc(C(=O)Nc2ccccc2SC(=O)N(C)C)o1. The van der Waals surface area contributed by atoms with Gasteiger partial charge in [0.15, 0.2) is 17.3 Å². The van der Waals surface area contributed by atoms with Crippen molar-refractivity contribution in [3.8, 4) is 11.5 Å². The van der Waals surface area contributed by atoms with Gasteiger partial charge in [0.2, 0.25) is 0 Å². The zero-order valence-electron chi connectivity index (χ0n) is 16.9. The minimum Gasteiger partial charge on any atom is -0.493 e. The predicted octanol–water partition coefficient (Wildman–Crippen LogP) is 4.89. The van der Waals surface area contributed by atoms with Crippen molar-refractivity contribution in [2.24, 2.45) is 0 Å². The molecule has 0 aliphatic rings. The molecule has 1 aromatic heterocycles. The molecule has 0 saturated heterocycles. The van der Waals surface area contributed by atoms with Crippen molar-refractivity contribution in [3.63, 3.8) is 0 Å². The molecule has 30 heavy (non-hydrogen) atoms. The number of methoxy groups -OCH3 is 1. The Morgan fingerprint density at radius 3 is 2.43 bits per heavy atom. The molecule has 2 aromatic carbocycles. The number of nitrogens with zero attached hydrogens (tertiary/aromatic N) is 1. The van der Waals surface area contributed by atoms with Crippen LogP contribution in [0.25, 0.3) is 0 Å². The molecule has 0 saturated carbocycles. The molecule has 0 aliphatic heterocycles. The van der Waals surface area contributed by atoms with Crippen molar-refractivity contribution < 1.29 is 23.5 Å². The maximum atomic E-state index is 12.6. The molecule has 7 nitrogen and oxygen atoms in total. The summed E-state index contributed by atoms with van der Waals surface area (Å²) in [5, 5.41) is 2.66. The van der Waals surface area contributed by atoms with Gasteiger partial charge in [-0.15, -0.1) is 0 Å². The number of thioether (sulfide) groups is 1. The molecule has 1 N–H and O–H groups in total. The second-order valence-corrected chi connectivity index (χ2v) is 7.41. The fourth-order valence-electron chi connectivity index (χ4n) is 2.49. The van der Waals surface area contributed by atoms with Crippen LogP contribution in [0.1, 0.15) is 16.3 Å². The number of ether oxygens (including phenoxy) is 2. The third-order valence-corrected chi connectivity index (χ3v) is 5.14. The maximum Gasteiger partial charge on any atom is 0.291 e. The topological polar surface area (TPSA) is 81.0 Å². The highest BCUT2D eigenvalue weighted by molar-refractivity contribution is 8.13. The average Bonchev–Trinajstić information content (AvgIpc) is 3.23. The molecule has 1 heterocycles. The molecular weight excluding hydrogens is 404 g/mol. The van der Waals surface area contributed by atoms with Crippen molar-refractivity contribution >= 4 is 28.6 Å². The van der Waals surface area contributed by atoms with E-state index >= 15 is 0 Å². The number of hydrogen-bond donors (Lipinski definition) is 1. The molecule has 3 rings (SSSR count). The minimum atomic E-state index is -0.413. The molecule has 0 fully saturated rings. The van der Waals surface area contributed by atoms with Crippen LogP contribution in [-0.4, -0.2) is 37.3 Å². The van der Waals surface area contributed by atoms with E-state index in [2.05, 4.69) is 5.32 Å². The number of rotatable bonds is 7. The van der Waals surface area contributed by atoms with Crippen molar-refractivity contribution in [1.29, 1.82) is 0 Å². The fourth-order valence-corrected chi connectivity index (χ4v) is 3.24. The molecule has 0 bridgehead atoms. The van der Waals surface area contributed by atoms with Crippen molar-refractivity contribution in [3.05, 3.63) is 72.2 Å². The van der Waals surface area contributed by atoms with E-state index in [1.165, 1.54) is 4.90 Å². The first-order chi connectivity index (χ1) is 14.5. The number of carbonyl (C=O) groups excluding carboxylic acids is 2. The van der Waals surface area contributed by atoms with Crippen molar-refractivity contribution in [1.82, 2.24) is 4.90 Å². The van der Waals surface area contributed by atoms with E-state index < -0.39 is 5.91 Å². The number of furan rings is 1. The van der Waals surface area contributed by atoms with Crippen LogP contribution in [0.3, 0.4) is 0 Å². The summed E-state index contributed by atoms with van der Waals surface area (Å²) in [4.78, 5) is 26.7. The zero-order chi connectivity index (χ0) is 21.5. The van der Waals surface area contributed by atoms with Gasteiger partial charge >= 0.3 is 0 Å². The molecule has 0 aliphatic carbocycles. The number of benzene rings is 2. The van der Waals surface area contributed by atoms with E-state index in [0.29, 0.717) is 27.8 Å². The average molecular weight is 426 g/mol. The summed E-state index contributed by atoms with van der Waals surface area (Å²) in [5.74, 6) is 1.43. The Balaban J connectivity index is 1.65. The largest absolute Gasteiger partial charge is 0.493 e. The zero-order valence-corrected chi connectivity index (χ0v) is 17.7. The first kappa shape index (κ1) is 21.3. The van der Waals surface area contributed by atoms with Crippen molar-refractivity contribution in [2.45, 2.75) is 11.5 Å². The van der Waals surface area contributed by atoms with Gasteiger partial charge < -0.3 is 24.1 Å². The number of carbonyl (C=O) groups is 2. The number of amides is 2. The fraction of sp³-hybridized carbons (Fsp3) is 0.182. The van der Waals surface area contributed by atoms with E-state index in [0.717, 1.165) is 11.8 Å². The lowest BCUT2D eigenvalue weighted by Gasteiger charge is -2.12. The normalized spacial score (nSPS) is 10.4. The Morgan fingerprint density at radius 2 is 1.70 bits per heavy atom. The van der Waals surface area contributed by atoms with Gasteiger partial charge in [-0.25, -0.2) is 0 Å². The van der Waals surface area contributed by atoms with Crippen LogP contribution in [0.2, 0.25) is 0 Å². The van der Waals surface area contributed by atoms with Gasteiger partial charge in [0.1, 0.15) is 12.4 Å². The molecule has 2 amide bonds. The lowest BCUT2D eigenvalue weighted by atomic mass is 10.3. The molecule has 0 unspecified atom stereocenters. The van der Waals surface area contributed by atoms with Gasteiger partial charge in [-0.1, -0.05) is 24.3 Å². The molecule has 0 spiro atoms.